The van der Waals surface area contributed by atoms with Crippen LogP contribution in [0.4, 0.5) is 5.69 Å². The molecular formula is C50H51NO5Te. The summed E-state index contributed by atoms with van der Waals surface area (Å²) in [5.41, 5.74) is 8.72. The van der Waals surface area contributed by atoms with Crippen LogP contribution in [0.25, 0.3) is 0 Å². The summed E-state index contributed by atoms with van der Waals surface area (Å²) in [4.78, 5) is 5.57. The fourth-order valence-corrected chi connectivity index (χ4v) is 9.68. The zero-order valence-electron chi connectivity index (χ0n) is 32.9. The summed E-state index contributed by atoms with van der Waals surface area (Å²) in [6, 6.07) is 56.3. The van der Waals surface area contributed by atoms with E-state index in [1.165, 1.54) is 9.17 Å². The van der Waals surface area contributed by atoms with E-state index < -0.39 is 51.4 Å². The van der Waals surface area contributed by atoms with Gasteiger partial charge in [0.15, 0.2) is 0 Å². The van der Waals surface area contributed by atoms with Gasteiger partial charge in [-0.2, -0.15) is 0 Å². The summed E-state index contributed by atoms with van der Waals surface area (Å²) >= 11 is -1.07. The van der Waals surface area contributed by atoms with E-state index in [2.05, 4.69) is 112 Å². The Kier molecular flexibility index (Phi) is 14.9. The van der Waals surface area contributed by atoms with Crippen molar-refractivity contribution in [2.75, 3.05) is 6.61 Å². The second-order valence-corrected chi connectivity index (χ2v) is 17.6. The number of ether oxygens (including phenoxy) is 5. The van der Waals surface area contributed by atoms with E-state index in [1.54, 1.807) is 0 Å². The maximum atomic E-state index is 7.37. The second-order valence-electron chi connectivity index (χ2n) is 14.5. The van der Waals surface area contributed by atoms with Crippen molar-refractivity contribution in [3.8, 4) is 0 Å². The first-order chi connectivity index (χ1) is 28.0. The molecule has 1 aliphatic heterocycles. The molecule has 6 aromatic rings. The SMILES string of the molecule is Cc1ccc([Te]C(=Nc2c(C)cccc2C)C2O[C@H](COCc3ccccc3)[C@@H](OCc3ccccc3)[C@H](OCc3ccccc3)[C@H]2OCc2ccccc2)cc1. The van der Waals surface area contributed by atoms with Crippen molar-refractivity contribution in [1.29, 1.82) is 0 Å². The standard InChI is InChI=1S/C50H51NO5Te/c1-36-27-29-43(30-28-36)57-50(51-45-37(2)17-16-18-38(45)3)49-48(55-34-42-25-14-7-15-26-42)47(54-33-41-23-12-6-13-24-41)46(53-32-40-21-10-5-11-22-40)44(56-49)35-52-31-39-19-8-4-9-20-39/h4-30,44,46-49H,31-35H2,1-3H3/t44-,46-,47+,48-,49?/m1/s1. The molecule has 292 valence electrons. The van der Waals surface area contributed by atoms with E-state index in [0.717, 1.165) is 42.8 Å². The first-order valence-electron chi connectivity index (χ1n) is 19.6. The monoisotopic (exact) mass is 875 g/mol. The van der Waals surface area contributed by atoms with Gasteiger partial charge in [0, 0.05) is 0 Å². The molecule has 0 aromatic heterocycles. The molecule has 6 aromatic carbocycles. The van der Waals surface area contributed by atoms with Gasteiger partial charge in [0.05, 0.1) is 0 Å². The Balaban J connectivity index is 1.33. The molecule has 6 nitrogen and oxygen atoms in total. The predicted molar refractivity (Wildman–Crippen MR) is 229 cm³/mol. The minimum absolute atomic E-state index is 0.295. The predicted octanol–water partition coefficient (Wildman–Crippen LogP) is 9.41. The molecule has 7 heteroatoms. The van der Waals surface area contributed by atoms with Crippen LogP contribution in [0.2, 0.25) is 0 Å². The van der Waals surface area contributed by atoms with Crippen LogP contribution in [0.3, 0.4) is 0 Å². The third kappa shape index (κ3) is 11.6. The molecule has 7 rings (SSSR count). The molecule has 1 unspecified atom stereocenters. The average molecular weight is 874 g/mol. The molecule has 1 fully saturated rings. The van der Waals surface area contributed by atoms with Crippen LogP contribution in [0.1, 0.15) is 38.9 Å². The van der Waals surface area contributed by atoms with E-state index in [4.69, 9.17) is 28.7 Å². The summed E-state index contributed by atoms with van der Waals surface area (Å²) in [6.45, 7) is 8.25. The van der Waals surface area contributed by atoms with Gasteiger partial charge in [-0.15, -0.1) is 0 Å². The van der Waals surface area contributed by atoms with Gasteiger partial charge >= 0.3 is 350 Å². The number of para-hydroxylation sites is 1. The van der Waals surface area contributed by atoms with Crippen molar-refractivity contribution in [2.24, 2.45) is 4.99 Å². The molecule has 57 heavy (non-hydrogen) atoms. The van der Waals surface area contributed by atoms with Crippen LogP contribution in [-0.4, -0.2) is 61.8 Å². The fourth-order valence-electron chi connectivity index (χ4n) is 6.95. The van der Waals surface area contributed by atoms with Crippen molar-refractivity contribution < 1.29 is 23.7 Å². The molecule has 5 atom stereocenters. The summed E-state index contributed by atoms with van der Waals surface area (Å²) in [6.07, 6.45) is -2.65. The molecule has 1 heterocycles. The average Bonchev–Trinajstić information content (AvgIpc) is 3.25. The molecule has 0 N–H and O–H groups in total. The van der Waals surface area contributed by atoms with Gasteiger partial charge in [0.2, 0.25) is 0 Å². The number of aliphatic imine (C=N–C) groups is 1. The Morgan fingerprint density at radius 1 is 0.509 bits per heavy atom. The molecule has 1 aliphatic rings. The Hall–Kier alpha value is -4.42. The Morgan fingerprint density at radius 2 is 0.965 bits per heavy atom. The molecule has 0 amide bonds. The summed E-state index contributed by atoms with van der Waals surface area (Å²) < 4.78 is 37.2. The summed E-state index contributed by atoms with van der Waals surface area (Å²) in [5.74, 6) is 0. The van der Waals surface area contributed by atoms with Crippen LogP contribution >= 0.6 is 0 Å². The topological polar surface area (TPSA) is 58.5 Å². The van der Waals surface area contributed by atoms with Crippen molar-refractivity contribution in [3.05, 3.63) is 203 Å². The van der Waals surface area contributed by atoms with Gasteiger partial charge in [-0.1, -0.05) is 0 Å². The third-order valence-electron chi connectivity index (χ3n) is 10.0. The first kappa shape index (κ1) is 40.8. The molecule has 0 spiro atoms. The van der Waals surface area contributed by atoms with Gasteiger partial charge in [0.1, 0.15) is 0 Å². The van der Waals surface area contributed by atoms with E-state index in [-0.39, 0.29) is 0 Å². The molecule has 0 radical (unpaired) electrons. The van der Waals surface area contributed by atoms with E-state index >= 15 is 0 Å². The molecule has 0 aliphatic carbocycles. The number of rotatable bonds is 17. The maximum absolute atomic E-state index is 7.37. The number of hydrogen-bond donors (Lipinski definition) is 0. The van der Waals surface area contributed by atoms with E-state index in [1.807, 2.05) is 72.8 Å². The summed E-state index contributed by atoms with van der Waals surface area (Å²) in [5, 5.41) is 0. The number of aryl methyl sites for hydroxylation is 3. The zero-order chi connectivity index (χ0) is 39.2. The molecule has 1 saturated heterocycles. The zero-order valence-corrected chi connectivity index (χ0v) is 35.2. The minimum atomic E-state index is -1.07. The first-order valence-corrected chi connectivity index (χ1v) is 22.0. The molecule has 0 bridgehead atoms. The van der Waals surface area contributed by atoms with E-state index in [9.17, 15) is 0 Å². The van der Waals surface area contributed by atoms with Gasteiger partial charge in [-0.25, -0.2) is 0 Å². The van der Waals surface area contributed by atoms with Crippen molar-refractivity contribution in [3.63, 3.8) is 0 Å². The second kappa shape index (κ2) is 20.8. The van der Waals surface area contributed by atoms with Crippen LogP contribution in [0, 0.1) is 20.8 Å². The Labute approximate surface area is 347 Å². The Morgan fingerprint density at radius 3 is 1.47 bits per heavy atom. The fraction of sp³-hybridized carbons (Fsp3) is 0.260. The number of hydrogen-bond acceptors (Lipinski definition) is 6. The van der Waals surface area contributed by atoms with Crippen molar-refractivity contribution in [2.45, 2.75) is 77.7 Å². The quantitative estimate of drug-likeness (QED) is 0.0676. The van der Waals surface area contributed by atoms with E-state index in [0.29, 0.717) is 33.0 Å². The van der Waals surface area contributed by atoms with Gasteiger partial charge in [0.25, 0.3) is 0 Å². The Bertz CT molecular complexity index is 2110. The van der Waals surface area contributed by atoms with Crippen LogP contribution in [0.15, 0.2) is 169 Å². The van der Waals surface area contributed by atoms with Gasteiger partial charge in [-0.05, 0) is 0 Å². The number of benzene rings is 6. The summed E-state index contributed by atoms with van der Waals surface area (Å²) in [7, 11) is 0. The normalized spacial score (nSPS) is 19.7. The van der Waals surface area contributed by atoms with Crippen LogP contribution < -0.4 is 3.61 Å². The van der Waals surface area contributed by atoms with Crippen molar-refractivity contribution in [1.82, 2.24) is 0 Å². The van der Waals surface area contributed by atoms with Crippen molar-refractivity contribution >= 4 is 34.0 Å². The van der Waals surface area contributed by atoms with Gasteiger partial charge < -0.3 is 0 Å². The van der Waals surface area contributed by atoms with Crippen LogP contribution in [0.5, 0.6) is 0 Å². The van der Waals surface area contributed by atoms with Crippen LogP contribution in [-0.2, 0) is 50.1 Å². The molecule has 0 saturated carbocycles. The molecular weight excluding hydrogens is 822 g/mol. The van der Waals surface area contributed by atoms with Gasteiger partial charge in [-0.3, -0.25) is 0 Å². The third-order valence-corrected chi connectivity index (χ3v) is 13.0. The number of nitrogens with zero attached hydrogens (tertiary/aromatic N) is 1.